The number of thioether (sulfide) groups is 1. The highest BCUT2D eigenvalue weighted by atomic mass is 32.2. The maximum absolute atomic E-state index is 4.19. The fourth-order valence-corrected chi connectivity index (χ4v) is 1.98. The van der Waals surface area contributed by atoms with Crippen LogP contribution in [0.1, 0.15) is 19.4 Å². The van der Waals surface area contributed by atoms with E-state index < -0.39 is 0 Å². The maximum atomic E-state index is 4.19. The molecule has 1 aliphatic heterocycles. The molecule has 1 heterocycles. The summed E-state index contributed by atoms with van der Waals surface area (Å²) in [5.74, 6) is 1.12. The first-order valence-corrected chi connectivity index (χ1v) is 6.80. The number of nitrogens with zero attached hydrogens (tertiary/aromatic N) is 1. The van der Waals surface area contributed by atoms with Crippen molar-refractivity contribution in [2.75, 3.05) is 18.8 Å². The van der Waals surface area contributed by atoms with E-state index in [1.807, 2.05) is 6.07 Å². The zero-order chi connectivity index (χ0) is 11.6. The van der Waals surface area contributed by atoms with Crippen LogP contribution in [-0.2, 0) is 6.42 Å². The molecular formula is C13H20N2S. The van der Waals surface area contributed by atoms with Crippen LogP contribution in [0.25, 0.3) is 0 Å². The quantitative estimate of drug-likeness (QED) is 0.854. The third-order valence-electron chi connectivity index (χ3n) is 2.18. The van der Waals surface area contributed by atoms with Crippen LogP contribution in [0.2, 0.25) is 0 Å². The Labute approximate surface area is 103 Å². The first kappa shape index (κ1) is 13.1. The third-order valence-corrected chi connectivity index (χ3v) is 3.01. The van der Waals surface area contributed by atoms with Crippen molar-refractivity contribution >= 4 is 16.9 Å². The number of rotatable bonds is 2. The molecule has 2 nitrogen and oxygen atoms in total. The fraction of sp³-hybridized carbons (Fsp3) is 0.462. The molecule has 2 rings (SSSR count). The smallest absolute Gasteiger partial charge is 0.156 e. The molecule has 0 unspecified atom stereocenters. The highest BCUT2D eigenvalue weighted by Gasteiger charge is 2.01. The molecule has 1 aromatic rings. The van der Waals surface area contributed by atoms with Gasteiger partial charge in [0.1, 0.15) is 0 Å². The van der Waals surface area contributed by atoms with Gasteiger partial charge < -0.3 is 5.32 Å². The van der Waals surface area contributed by atoms with Crippen molar-refractivity contribution in [2.45, 2.75) is 20.3 Å². The van der Waals surface area contributed by atoms with Crippen molar-refractivity contribution in [1.82, 2.24) is 5.32 Å². The van der Waals surface area contributed by atoms with E-state index in [4.69, 9.17) is 0 Å². The van der Waals surface area contributed by atoms with Crippen LogP contribution in [-0.4, -0.2) is 24.0 Å². The summed E-state index contributed by atoms with van der Waals surface area (Å²) >= 11 is 1.78. The lowest BCUT2D eigenvalue weighted by molar-refractivity contribution is 0.963. The van der Waals surface area contributed by atoms with Crippen molar-refractivity contribution in [3.8, 4) is 0 Å². The highest BCUT2D eigenvalue weighted by Crippen LogP contribution is 2.02. The molecule has 1 N–H and O–H groups in total. The molecule has 0 spiro atoms. The van der Waals surface area contributed by atoms with Crippen molar-refractivity contribution in [3.63, 3.8) is 0 Å². The number of hydrogen-bond donors (Lipinski definition) is 1. The lowest BCUT2D eigenvalue weighted by Crippen LogP contribution is -2.14. The number of aryl methyl sites for hydroxylation is 1. The second kappa shape index (κ2) is 8.22. The van der Waals surface area contributed by atoms with E-state index in [2.05, 4.69) is 48.4 Å². The highest BCUT2D eigenvalue weighted by molar-refractivity contribution is 8.13. The molecular weight excluding hydrogens is 216 g/mol. The molecule has 1 aliphatic rings. The first-order valence-electron chi connectivity index (χ1n) is 5.81. The normalized spacial score (nSPS) is 13.5. The molecule has 0 fully saturated rings. The molecule has 0 aliphatic carbocycles. The maximum Gasteiger partial charge on any atom is 0.156 e. The van der Waals surface area contributed by atoms with Crippen molar-refractivity contribution in [1.29, 1.82) is 0 Å². The number of nitrogens with one attached hydrogen (secondary N) is 1. The summed E-state index contributed by atoms with van der Waals surface area (Å²) in [4.78, 5) is 4.19. The molecule has 0 saturated carbocycles. The van der Waals surface area contributed by atoms with Crippen LogP contribution in [0, 0.1) is 0 Å². The van der Waals surface area contributed by atoms with Crippen LogP contribution in [0.5, 0.6) is 0 Å². The second-order valence-corrected chi connectivity index (χ2v) is 4.64. The number of hydrogen-bond acceptors (Lipinski definition) is 3. The van der Waals surface area contributed by atoms with Gasteiger partial charge in [-0.15, -0.1) is 0 Å². The van der Waals surface area contributed by atoms with E-state index in [9.17, 15) is 0 Å². The minimum atomic E-state index is 0.961. The lowest BCUT2D eigenvalue weighted by atomic mass is 10.2. The van der Waals surface area contributed by atoms with Crippen molar-refractivity contribution in [3.05, 3.63) is 35.9 Å². The Hall–Kier alpha value is -0.960. The van der Waals surface area contributed by atoms with Gasteiger partial charge in [-0.2, -0.15) is 0 Å². The Kier molecular flexibility index (Phi) is 6.74. The Balaban J connectivity index is 0.000000160. The second-order valence-electron chi connectivity index (χ2n) is 3.39. The van der Waals surface area contributed by atoms with Crippen molar-refractivity contribution < 1.29 is 0 Å². The van der Waals surface area contributed by atoms with E-state index in [1.165, 1.54) is 5.56 Å². The summed E-state index contributed by atoms with van der Waals surface area (Å²) in [6, 6.07) is 10.5. The Morgan fingerprint density at radius 3 is 2.44 bits per heavy atom. The van der Waals surface area contributed by atoms with Gasteiger partial charge in [0.2, 0.25) is 0 Å². The van der Waals surface area contributed by atoms with Gasteiger partial charge in [0.05, 0.1) is 6.54 Å². The van der Waals surface area contributed by atoms with Gasteiger partial charge in [0, 0.05) is 6.54 Å². The lowest BCUT2D eigenvalue weighted by Gasteiger charge is -1.94. The van der Waals surface area contributed by atoms with Gasteiger partial charge in [-0.25, -0.2) is 0 Å². The average Bonchev–Trinajstić information content (AvgIpc) is 2.84. The number of benzene rings is 1. The topological polar surface area (TPSA) is 24.4 Å². The van der Waals surface area contributed by atoms with Crippen LogP contribution in [0.4, 0.5) is 0 Å². The predicted octanol–water partition coefficient (Wildman–Crippen LogP) is 2.95. The van der Waals surface area contributed by atoms with Gasteiger partial charge in [-0.05, 0) is 17.7 Å². The van der Waals surface area contributed by atoms with E-state index in [-0.39, 0.29) is 0 Å². The molecule has 0 saturated heterocycles. The minimum Gasteiger partial charge on any atom is -0.363 e. The van der Waals surface area contributed by atoms with Gasteiger partial charge >= 0.3 is 0 Å². The van der Waals surface area contributed by atoms with Crippen LogP contribution in [0.15, 0.2) is 35.3 Å². The predicted molar refractivity (Wildman–Crippen MR) is 74.3 cm³/mol. The molecule has 1 aromatic carbocycles. The van der Waals surface area contributed by atoms with E-state index in [0.717, 1.165) is 30.4 Å². The molecule has 0 aromatic heterocycles. The molecule has 3 heteroatoms. The summed E-state index contributed by atoms with van der Waals surface area (Å²) in [6.45, 7) is 6.28. The van der Waals surface area contributed by atoms with Crippen LogP contribution < -0.4 is 5.32 Å². The van der Waals surface area contributed by atoms with Gasteiger partial charge in [0.25, 0.3) is 0 Å². The molecule has 88 valence electrons. The van der Waals surface area contributed by atoms with E-state index in [1.54, 1.807) is 11.8 Å². The minimum absolute atomic E-state index is 0.961. The first-order chi connectivity index (χ1) is 7.86. The average molecular weight is 236 g/mol. The Bertz CT molecular complexity index is 309. The zero-order valence-electron chi connectivity index (χ0n) is 10.1. The van der Waals surface area contributed by atoms with Gasteiger partial charge in [-0.1, -0.05) is 55.9 Å². The number of aliphatic imine (C=N–C) groups is 1. The van der Waals surface area contributed by atoms with Crippen molar-refractivity contribution in [2.24, 2.45) is 4.99 Å². The molecule has 16 heavy (non-hydrogen) atoms. The monoisotopic (exact) mass is 236 g/mol. The summed E-state index contributed by atoms with van der Waals surface area (Å²) in [6.07, 6.45) is 1.14. The Morgan fingerprint density at radius 1 is 1.25 bits per heavy atom. The number of amidine groups is 1. The standard InChI is InChI=1S/C8H10.C5H10N2S/c1-2-8-6-4-3-5-7-8;1-2-8-5-6-3-4-7-5/h3-7H,2H2,1H3;2-4H2,1H3,(H,6,7). The summed E-state index contributed by atoms with van der Waals surface area (Å²) in [5.41, 5.74) is 1.41. The molecule has 0 atom stereocenters. The molecule has 0 bridgehead atoms. The SMILES string of the molecule is CCSC1=NCCN1.CCc1ccccc1. The molecule has 0 amide bonds. The van der Waals surface area contributed by atoms with Gasteiger partial charge in [0.15, 0.2) is 5.17 Å². The third kappa shape index (κ3) is 5.21. The fourth-order valence-electron chi connectivity index (χ4n) is 1.32. The largest absolute Gasteiger partial charge is 0.363 e. The van der Waals surface area contributed by atoms with E-state index >= 15 is 0 Å². The molecule has 0 radical (unpaired) electrons. The summed E-state index contributed by atoms with van der Waals surface area (Å²) < 4.78 is 0. The summed E-state index contributed by atoms with van der Waals surface area (Å²) in [7, 11) is 0. The zero-order valence-corrected chi connectivity index (χ0v) is 10.9. The Morgan fingerprint density at radius 2 is 2.00 bits per heavy atom. The van der Waals surface area contributed by atoms with Gasteiger partial charge in [-0.3, -0.25) is 4.99 Å². The van der Waals surface area contributed by atoms with Crippen LogP contribution >= 0.6 is 11.8 Å². The van der Waals surface area contributed by atoms with E-state index in [0.29, 0.717) is 0 Å². The van der Waals surface area contributed by atoms with Crippen LogP contribution in [0.3, 0.4) is 0 Å². The summed E-state index contributed by atoms with van der Waals surface area (Å²) in [5, 5.41) is 4.29.